The molecule has 2 N–H and O–H groups in total. The van der Waals surface area contributed by atoms with Crippen molar-refractivity contribution in [1.29, 1.82) is 0 Å². The first-order chi connectivity index (χ1) is 14.8. The number of hydrogen-bond acceptors (Lipinski definition) is 7. The Hall–Kier alpha value is -3.50. The lowest BCUT2D eigenvalue weighted by Crippen LogP contribution is -2.45. The van der Waals surface area contributed by atoms with Crippen LogP contribution in [0.1, 0.15) is 12.0 Å². The number of carboxylic acid groups (broad SMARTS) is 2. The number of aromatic nitrogens is 1. The summed E-state index contributed by atoms with van der Waals surface area (Å²) in [5, 5.41) is 23.2. The fraction of sp³-hybridized carbons (Fsp3) is 0.0952. The Morgan fingerprint density at radius 1 is 1.19 bits per heavy atom. The van der Waals surface area contributed by atoms with Gasteiger partial charge in [0.15, 0.2) is 5.76 Å². The van der Waals surface area contributed by atoms with Gasteiger partial charge in [0, 0.05) is 5.56 Å². The lowest BCUT2D eigenvalue weighted by atomic mass is 10.1. The van der Waals surface area contributed by atoms with E-state index in [-0.39, 0.29) is 9.23 Å². The van der Waals surface area contributed by atoms with Crippen LogP contribution in [0.4, 0.5) is 0 Å². The Morgan fingerprint density at radius 2 is 1.94 bits per heavy atom. The van der Waals surface area contributed by atoms with Crippen molar-refractivity contribution in [2.75, 3.05) is 0 Å². The summed E-state index contributed by atoms with van der Waals surface area (Å²) >= 11 is 6.08. The number of carbonyl (C=O) groups excluding carboxylic acids is 1. The molecule has 1 aliphatic heterocycles. The summed E-state index contributed by atoms with van der Waals surface area (Å²) in [4.78, 5) is 36.4. The molecule has 8 nitrogen and oxygen atoms in total. The molecule has 10 heteroatoms. The predicted octanol–water partition coefficient (Wildman–Crippen LogP) is 3.62. The number of aliphatic carboxylic acids is 2. The highest BCUT2D eigenvalue weighted by Gasteiger charge is 2.41. The number of amides is 1. The van der Waals surface area contributed by atoms with Crippen LogP contribution < -0.4 is 0 Å². The average molecular weight is 454 g/mol. The molecule has 1 fully saturated rings. The number of thiocarbonyl (C=S) groups is 1. The van der Waals surface area contributed by atoms with E-state index in [1.807, 2.05) is 36.4 Å². The van der Waals surface area contributed by atoms with E-state index >= 15 is 0 Å². The fourth-order valence-corrected chi connectivity index (χ4v) is 4.56. The monoisotopic (exact) mass is 454 g/mol. The molecule has 0 radical (unpaired) electrons. The van der Waals surface area contributed by atoms with Crippen molar-refractivity contribution in [3.05, 3.63) is 59.0 Å². The molecule has 2 heterocycles. The maximum atomic E-state index is 12.8. The van der Waals surface area contributed by atoms with Gasteiger partial charge in [0.2, 0.25) is 0 Å². The number of thioether (sulfide) groups is 1. The third-order valence-electron chi connectivity index (χ3n) is 4.62. The first-order valence-corrected chi connectivity index (χ1v) is 10.2. The molecular weight excluding hydrogens is 440 g/mol. The van der Waals surface area contributed by atoms with Crippen LogP contribution in [0.25, 0.3) is 28.3 Å². The van der Waals surface area contributed by atoms with Gasteiger partial charge in [-0.15, -0.1) is 0 Å². The van der Waals surface area contributed by atoms with Crippen molar-refractivity contribution in [3.8, 4) is 11.3 Å². The number of rotatable bonds is 6. The van der Waals surface area contributed by atoms with Crippen LogP contribution in [0, 0.1) is 0 Å². The third-order valence-corrected chi connectivity index (χ3v) is 5.95. The molecule has 0 saturated carbocycles. The Morgan fingerprint density at radius 3 is 2.61 bits per heavy atom. The molecule has 2 aromatic carbocycles. The molecule has 156 valence electrons. The highest BCUT2D eigenvalue weighted by atomic mass is 32.2. The van der Waals surface area contributed by atoms with E-state index in [4.69, 9.17) is 21.8 Å². The van der Waals surface area contributed by atoms with Gasteiger partial charge in [-0.25, -0.2) is 4.79 Å². The van der Waals surface area contributed by atoms with Gasteiger partial charge in [0.1, 0.15) is 15.9 Å². The van der Waals surface area contributed by atoms with Gasteiger partial charge in [-0.2, -0.15) is 0 Å². The lowest BCUT2D eigenvalue weighted by molar-refractivity contribution is -0.150. The van der Waals surface area contributed by atoms with Crippen LogP contribution in [0.15, 0.2) is 58.0 Å². The van der Waals surface area contributed by atoms with Gasteiger partial charge in [0.25, 0.3) is 5.91 Å². The van der Waals surface area contributed by atoms with Crippen LogP contribution in [0.5, 0.6) is 0 Å². The van der Waals surface area contributed by atoms with E-state index in [0.717, 1.165) is 27.6 Å². The number of carboxylic acids is 2. The number of nitrogens with zero attached hydrogens (tertiary/aromatic N) is 2. The van der Waals surface area contributed by atoms with E-state index in [1.165, 1.54) is 0 Å². The summed E-state index contributed by atoms with van der Waals surface area (Å²) in [7, 11) is 0. The Bertz CT molecular complexity index is 1250. The minimum Gasteiger partial charge on any atom is -0.481 e. The molecule has 1 unspecified atom stereocenters. The molecule has 3 aromatic rings. The Kier molecular flexibility index (Phi) is 5.57. The molecule has 31 heavy (non-hydrogen) atoms. The molecule has 1 atom stereocenters. The molecule has 1 amide bonds. The predicted molar refractivity (Wildman–Crippen MR) is 118 cm³/mol. The van der Waals surface area contributed by atoms with Crippen LogP contribution >= 0.6 is 24.0 Å². The van der Waals surface area contributed by atoms with Gasteiger partial charge < -0.3 is 14.7 Å². The van der Waals surface area contributed by atoms with Crippen LogP contribution in [0.2, 0.25) is 0 Å². The van der Waals surface area contributed by atoms with Crippen molar-refractivity contribution in [2.45, 2.75) is 12.5 Å². The SMILES string of the molecule is O=C(O)CC(C(=O)O)N1C(=O)C(=Cc2ccc3noc(-c4ccccc4)c3c2)SC1=S. The minimum absolute atomic E-state index is 0.000862. The van der Waals surface area contributed by atoms with Crippen LogP contribution in [-0.2, 0) is 14.4 Å². The quantitative estimate of drug-likeness (QED) is 0.425. The Balaban J connectivity index is 1.69. The Labute approximate surface area is 185 Å². The number of fused-ring (bicyclic) bond motifs is 1. The average Bonchev–Trinajstić information content (AvgIpc) is 3.27. The highest BCUT2D eigenvalue weighted by molar-refractivity contribution is 8.26. The van der Waals surface area contributed by atoms with Crippen LogP contribution in [-0.4, -0.2) is 48.5 Å². The van der Waals surface area contributed by atoms with Gasteiger partial charge in [0.05, 0.1) is 16.7 Å². The summed E-state index contributed by atoms with van der Waals surface area (Å²) in [6, 6.07) is 13.2. The highest BCUT2D eigenvalue weighted by Crippen LogP contribution is 2.36. The van der Waals surface area contributed by atoms with E-state index in [1.54, 1.807) is 18.2 Å². The first-order valence-electron chi connectivity index (χ1n) is 9.01. The zero-order valence-corrected chi connectivity index (χ0v) is 17.4. The molecule has 1 aromatic heterocycles. The normalized spacial score (nSPS) is 16.3. The molecule has 1 saturated heterocycles. The smallest absolute Gasteiger partial charge is 0.327 e. The van der Waals surface area contributed by atoms with Crippen molar-refractivity contribution >= 4 is 63.1 Å². The zero-order valence-electron chi connectivity index (χ0n) is 15.7. The summed E-state index contributed by atoms with van der Waals surface area (Å²) in [5.74, 6) is -2.82. The first kappa shape index (κ1) is 20.8. The number of carbonyl (C=O) groups is 3. The second kappa shape index (κ2) is 8.32. The topological polar surface area (TPSA) is 121 Å². The van der Waals surface area contributed by atoms with E-state index in [9.17, 15) is 19.5 Å². The van der Waals surface area contributed by atoms with Gasteiger partial charge in [-0.3, -0.25) is 14.5 Å². The summed E-state index contributed by atoms with van der Waals surface area (Å²) in [6.45, 7) is 0. The summed E-state index contributed by atoms with van der Waals surface area (Å²) in [5.41, 5.74) is 2.17. The third kappa shape index (κ3) is 4.07. The fourth-order valence-electron chi connectivity index (χ4n) is 3.20. The second-order valence-electron chi connectivity index (χ2n) is 6.66. The molecular formula is C21H14N2O6S2. The molecule has 1 aliphatic rings. The van der Waals surface area contributed by atoms with Crippen molar-refractivity contribution in [2.24, 2.45) is 0 Å². The number of hydrogen-bond donors (Lipinski definition) is 2. The maximum absolute atomic E-state index is 12.8. The molecule has 4 rings (SSSR count). The van der Waals surface area contributed by atoms with E-state index in [2.05, 4.69) is 5.16 Å². The van der Waals surface area contributed by atoms with E-state index < -0.39 is 30.3 Å². The largest absolute Gasteiger partial charge is 0.481 e. The summed E-state index contributed by atoms with van der Waals surface area (Å²) in [6.07, 6.45) is 0.836. The standard InChI is InChI=1S/C21H14N2O6S2/c24-17(25)10-15(20(27)28)23-19(26)16(31-21(23)30)9-11-6-7-14-13(8-11)18(29-22-14)12-4-2-1-3-5-12/h1-9,15H,10H2,(H,24,25)(H,27,28). The van der Waals surface area contributed by atoms with E-state index in [0.29, 0.717) is 16.8 Å². The van der Waals surface area contributed by atoms with Gasteiger partial charge in [-0.05, 0) is 23.8 Å². The van der Waals surface area contributed by atoms with Crippen molar-refractivity contribution in [1.82, 2.24) is 10.1 Å². The van der Waals surface area contributed by atoms with Gasteiger partial charge >= 0.3 is 11.9 Å². The molecule has 0 aliphatic carbocycles. The lowest BCUT2D eigenvalue weighted by Gasteiger charge is -2.21. The second-order valence-corrected chi connectivity index (χ2v) is 8.33. The van der Waals surface area contributed by atoms with Crippen molar-refractivity contribution in [3.63, 3.8) is 0 Å². The number of benzene rings is 2. The molecule has 0 bridgehead atoms. The zero-order chi connectivity index (χ0) is 22.1. The molecule has 0 spiro atoms. The van der Waals surface area contributed by atoms with Crippen molar-refractivity contribution < 1.29 is 29.1 Å². The van der Waals surface area contributed by atoms with Crippen LogP contribution in [0.3, 0.4) is 0 Å². The maximum Gasteiger partial charge on any atom is 0.327 e. The summed E-state index contributed by atoms with van der Waals surface area (Å²) < 4.78 is 5.48. The minimum atomic E-state index is -1.57. The van der Waals surface area contributed by atoms with Gasteiger partial charge in [-0.1, -0.05) is 65.5 Å².